The number of hydrogen-bond acceptors (Lipinski definition) is 3. The number of nitrogens with two attached hydrogens (primary N) is 1. The summed E-state index contributed by atoms with van der Waals surface area (Å²) < 4.78 is 0. The highest BCUT2D eigenvalue weighted by Gasteiger charge is 2.29. The van der Waals surface area contributed by atoms with Crippen molar-refractivity contribution in [3.63, 3.8) is 0 Å². The van der Waals surface area contributed by atoms with E-state index >= 15 is 0 Å². The average molecular weight is 191 g/mol. The first-order valence-electron chi connectivity index (χ1n) is 5.04. The monoisotopic (exact) mass is 191 g/mol. The summed E-state index contributed by atoms with van der Waals surface area (Å²) in [6.45, 7) is 6.74. The summed E-state index contributed by atoms with van der Waals surface area (Å²) in [6.07, 6.45) is 1.23. The Bertz CT molecular complexity index is 333. The van der Waals surface area contributed by atoms with Crippen molar-refractivity contribution in [2.24, 2.45) is 5.41 Å². The van der Waals surface area contributed by atoms with Gasteiger partial charge in [0.2, 0.25) is 0 Å². The third-order valence-corrected chi connectivity index (χ3v) is 2.76. The maximum absolute atomic E-state index is 5.66. The molecule has 0 saturated carbocycles. The predicted octanol–water partition coefficient (Wildman–Crippen LogP) is 1.90. The summed E-state index contributed by atoms with van der Waals surface area (Å²) in [6, 6.07) is 5.81. The first-order chi connectivity index (χ1) is 6.57. The van der Waals surface area contributed by atoms with E-state index in [-0.39, 0.29) is 0 Å². The second kappa shape index (κ2) is 3.15. The van der Waals surface area contributed by atoms with E-state index in [0.717, 1.165) is 18.9 Å². The molecule has 0 amide bonds. The molecular formula is C11H17N3. The van der Waals surface area contributed by atoms with Gasteiger partial charge in [-0.2, -0.15) is 0 Å². The topological polar surface area (TPSA) is 42.1 Å². The van der Waals surface area contributed by atoms with Crippen LogP contribution in [0.3, 0.4) is 0 Å². The van der Waals surface area contributed by atoms with Crippen molar-refractivity contribution in [3.05, 3.63) is 18.2 Å². The van der Waals surface area contributed by atoms with Crippen LogP contribution in [-0.4, -0.2) is 18.1 Å². The quantitative estimate of drug-likeness (QED) is 0.737. The zero-order chi connectivity index (χ0) is 10.2. The Morgan fingerprint density at radius 3 is 2.79 bits per heavy atom. The van der Waals surface area contributed by atoms with Crippen LogP contribution in [0.1, 0.15) is 20.3 Å². The number of pyridine rings is 1. The summed E-state index contributed by atoms with van der Waals surface area (Å²) in [5, 5.41) is 0. The van der Waals surface area contributed by atoms with Crippen molar-refractivity contribution >= 4 is 11.6 Å². The minimum absolute atomic E-state index is 0.409. The molecule has 0 atom stereocenters. The van der Waals surface area contributed by atoms with Crippen LogP contribution in [0, 0.1) is 5.41 Å². The zero-order valence-corrected chi connectivity index (χ0v) is 8.83. The van der Waals surface area contributed by atoms with Gasteiger partial charge in [-0.05, 0) is 24.0 Å². The van der Waals surface area contributed by atoms with E-state index < -0.39 is 0 Å². The Kier molecular flexibility index (Phi) is 2.10. The normalized spacial score (nSPS) is 20.0. The molecule has 14 heavy (non-hydrogen) atoms. The Morgan fingerprint density at radius 2 is 2.21 bits per heavy atom. The molecule has 1 aromatic heterocycles. The highest BCUT2D eigenvalue weighted by atomic mass is 15.2. The van der Waals surface area contributed by atoms with E-state index in [9.17, 15) is 0 Å². The molecular weight excluding hydrogens is 174 g/mol. The maximum Gasteiger partial charge on any atom is 0.130 e. The van der Waals surface area contributed by atoms with E-state index in [2.05, 4.69) is 23.7 Å². The minimum atomic E-state index is 0.409. The molecule has 3 heteroatoms. The standard InChI is InChI=1S/C11H17N3/c1-11(2)6-7-14(8-11)10-5-3-4-9(12)13-10/h3-5H,6-8H2,1-2H3,(H2,12,13). The van der Waals surface area contributed by atoms with Crippen LogP contribution in [0.5, 0.6) is 0 Å². The molecule has 1 aromatic rings. The van der Waals surface area contributed by atoms with Crippen molar-refractivity contribution in [1.29, 1.82) is 0 Å². The third-order valence-electron chi connectivity index (χ3n) is 2.76. The summed E-state index contributed by atoms with van der Waals surface area (Å²) in [7, 11) is 0. The lowest BCUT2D eigenvalue weighted by Crippen LogP contribution is -2.23. The van der Waals surface area contributed by atoms with Gasteiger partial charge in [0.15, 0.2) is 0 Å². The molecule has 0 radical (unpaired) electrons. The van der Waals surface area contributed by atoms with Crippen LogP contribution in [0.2, 0.25) is 0 Å². The fourth-order valence-corrected chi connectivity index (χ4v) is 1.92. The molecule has 1 aliphatic rings. The van der Waals surface area contributed by atoms with E-state index in [1.165, 1.54) is 6.42 Å². The van der Waals surface area contributed by atoms with Crippen LogP contribution < -0.4 is 10.6 Å². The molecule has 2 N–H and O–H groups in total. The SMILES string of the molecule is CC1(C)CCN(c2cccc(N)n2)C1. The lowest BCUT2D eigenvalue weighted by atomic mass is 9.93. The smallest absolute Gasteiger partial charge is 0.130 e. The molecule has 3 nitrogen and oxygen atoms in total. The van der Waals surface area contributed by atoms with Gasteiger partial charge in [-0.25, -0.2) is 4.98 Å². The highest BCUT2D eigenvalue weighted by Crippen LogP contribution is 2.31. The Morgan fingerprint density at radius 1 is 1.43 bits per heavy atom. The second-order valence-electron chi connectivity index (χ2n) is 4.76. The van der Waals surface area contributed by atoms with Gasteiger partial charge in [-0.15, -0.1) is 0 Å². The lowest BCUT2D eigenvalue weighted by Gasteiger charge is -2.20. The van der Waals surface area contributed by atoms with Gasteiger partial charge in [-0.1, -0.05) is 19.9 Å². The molecule has 0 aromatic carbocycles. The van der Waals surface area contributed by atoms with Crippen molar-refractivity contribution in [2.45, 2.75) is 20.3 Å². The zero-order valence-electron chi connectivity index (χ0n) is 8.83. The van der Waals surface area contributed by atoms with Crippen LogP contribution >= 0.6 is 0 Å². The van der Waals surface area contributed by atoms with Gasteiger partial charge in [0.25, 0.3) is 0 Å². The summed E-state index contributed by atoms with van der Waals surface area (Å²) in [5.41, 5.74) is 6.07. The van der Waals surface area contributed by atoms with Gasteiger partial charge >= 0.3 is 0 Å². The Balaban J connectivity index is 2.17. The van der Waals surface area contributed by atoms with E-state index in [4.69, 9.17) is 5.73 Å². The number of rotatable bonds is 1. The molecule has 0 bridgehead atoms. The van der Waals surface area contributed by atoms with Crippen molar-refractivity contribution in [2.75, 3.05) is 23.7 Å². The fourth-order valence-electron chi connectivity index (χ4n) is 1.92. The Hall–Kier alpha value is -1.25. The predicted molar refractivity (Wildman–Crippen MR) is 59.3 cm³/mol. The first-order valence-corrected chi connectivity index (χ1v) is 5.04. The fraction of sp³-hybridized carbons (Fsp3) is 0.545. The average Bonchev–Trinajstić information content (AvgIpc) is 2.46. The summed E-state index contributed by atoms with van der Waals surface area (Å²) in [4.78, 5) is 6.63. The highest BCUT2D eigenvalue weighted by molar-refractivity contribution is 5.45. The van der Waals surface area contributed by atoms with Crippen molar-refractivity contribution < 1.29 is 0 Å². The number of hydrogen-bond donors (Lipinski definition) is 1. The van der Waals surface area contributed by atoms with E-state index in [1.807, 2.05) is 18.2 Å². The number of nitrogen functional groups attached to an aromatic ring is 1. The molecule has 0 spiro atoms. The molecule has 1 fully saturated rings. The number of anilines is 2. The van der Waals surface area contributed by atoms with Gasteiger partial charge in [0, 0.05) is 13.1 Å². The van der Waals surface area contributed by atoms with E-state index in [0.29, 0.717) is 11.2 Å². The van der Waals surface area contributed by atoms with E-state index in [1.54, 1.807) is 0 Å². The Labute approximate surface area is 84.9 Å². The summed E-state index contributed by atoms with van der Waals surface area (Å²) >= 11 is 0. The summed E-state index contributed by atoms with van der Waals surface area (Å²) in [5.74, 6) is 1.61. The molecule has 0 aliphatic carbocycles. The number of aromatic nitrogens is 1. The second-order valence-corrected chi connectivity index (χ2v) is 4.76. The van der Waals surface area contributed by atoms with Crippen molar-refractivity contribution in [1.82, 2.24) is 4.98 Å². The molecule has 1 aliphatic heterocycles. The molecule has 2 rings (SSSR count). The molecule has 2 heterocycles. The third kappa shape index (κ3) is 1.81. The van der Waals surface area contributed by atoms with Crippen LogP contribution in [0.25, 0.3) is 0 Å². The first kappa shape index (κ1) is 9.31. The van der Waals surface area contributed by atoms with Gasteiger partial charge in [0.1, 0.15) is 11.6 Å². The minimum Gasteiger partial charge on any atom is -0.384 e. The maximum atomic E-state index is 5.66. The van der Waals surface area contributed by atoms with Crippen LogP contribution in [0.15, 0.2) is 18.2 Å². The van der Waals surface area contributed by atoms with Gasteiger partial charge in [-0.3, -0.25) is 0 Å². The molecule has 1 saturated heterocycles. The largest absolute Gasteiger partial charge is 0.384 e. The van der Waals surface area contributed by atoms with Gasteiger partial charge in [0.05, 0.1) is 0 Å². The van der Waals surface area contributed by atoms with Crippen molar-refractivity contribution in [3.8, 4) is 0 Å². The molecule has 0 unspecified atom stereocenters. The van der Waals surface area contributed by atoms with Crippen LogP contribution in [0.4, 0.5) is 11.6 Å². The van der Waals surface area contributed by atoms with Crippen LogP contribution in [-0.2, 0) is 0 Å². The number of nitrogens with zero attached hydrogens (tertiary/aromatic N) is 2. The molecule has 76 valence electrons. The lowest BCUT2D eigenvalue weighted by molar-refractivity contribution is 0.418. The van der Waals surface area contributed by atoms with Gasteiger partial charge < -0.3 is 10.6 Å².